The average molecular weight is 432 g/mol. The van der Waals surface area contributed by atoms with Gasteiger partial charge in [0, 0.05) is 29.1 Å². The summed E-state index contributed by atoms with van der Waals surface area (Å²) >= 11 is 0. The molecular formula is C28H33NO3. The van der Waals surface area contributed by atoms with E-state index in [2.05, 4.69) is 84.6 Å². The second-order valence-electron chi connectivity index (χ2n) is 8.77. The Morgan fingerprint density at radius 1 is 0.719 bits per heavy atom. The summed E-state index contributed by atoms with van der Waals surface area (Å²) in [5.41, 5.74) is 3.62. The van der Waals surface area contributed by atoms with E-state index in [-0.39, 0.29) is 5.41 Å². The van der Waals surface area contributed by atoms with Gasteiger partial charge in [-0.25, -0.2) is 0 Å². The summed E-state index contributed by atoms with van der Waals surface area (Å²) in [7, 11) is 0. The second-order valence-corrected chi connectivity index (χ2v) is 8.77. The van der Waals surface area contributed by atoms with E-state index in [1.54, 1.807) is 0 Å². The lowest BCUT2D eigenvalue weighted by Gasteiger charge is -2.37. The van der Waals surface area contributed by atoms with Crippen LogP contribution in [0.2, 0.25) is 0 Å². The van der Waals surface area contributed by atoms with Gasteiger partial charge in [-0.05, 0) is 67.8 Å². The number of hydrogen-bond acceptors (Lipinski definition) is 4. The first-order chi connectivity index (χ1) is 15.7. The molecule has 0 aliphatic carbocycles. The zero-order valence-corrected chi connectivity index (χ0v) is 18.9. The van der Waals surface area contributed by atoms with E-state index in [1.807, 2.05) is 12.1 Å². The van der Waals surface area contributed by atoms with Gasteiger partial charge in [-0.2, -0.15) is 0 Å². The van der Waals surface area contributed by atoms with Crippen LogP contribution in [0.4, 0.5) is 17.1 Å². The lowest BCUT2D eigenvalue weighted by Crippen LogP contribution is -2.43. The predicted octanol–water partition coefficient (Wildman–Crippen LogP) is 6.76. The lowest BCUT2D eigenvalue weighted by molar-refractivity contribution is -0.137. The summed E-state index contributed by atoms with van der Waals surface area (Å²) in [5, 5.41) is 0. The van der Waals surface area contributed by atoms with Crippen LogP contribution in [0.5, 0.6) is 5.75 Å². The molecule has 0 amide bonds. The molecule has 0 bridgehead atoms. The number of para-hydroxylation sites is 2. The van der Waals surface area contributed by atoms with E-state index < -0.39 is 0 Å². The summed E-state index contributed by atoms with van der Waals surface area (Å²) in [6.07, 6.45) is 3.22. The Morgan fingerprint density at radius 2 is 1.28 bits per heavy atom. The van der Waals surface area contributed by atoms with Gasteiger partial charge in [0.15, 0.2) is 0 Å². The highest BCUT2D eigenvalue weighted by atomic mass is 16.5. The summed E-state index contributed by atoms with van der Waals surface area (Å²) in [6.45, 7) is 6.22. The van der Waals surface area contributed by atoms with E-state index in [0.29, 0.717) is 0 Å². The molecule has 1 saturated heterocycles. The molecule has 4 nitrogen and oxygen atoms in total. The smallest absolute Gasteiger partial charge is 0.119 e. The minimum atomic E-state index is 0.242. The highest BCUT2D eigenvalue weighted by molar-refractivity contribution is 5.76. The van der Waals surface area contributed by atoms with Crippen molar-refractivity contribution in [2.45, 2.75) is 26.2 Å². The number of anilines is 3. The maximum absolute atomic E-state index is 5.96. The van der Waals surface area contributed by atoms with Gasteiger partial charge in [0.05, 0.1) is 26.4 Å². The van der Waals surface area contributed by atoms with Crippen LogP contribution in [0.25, 0.3) is 0 Å². The van der Waals surface area contributed by atoms with Crippen LogP contribution in [-0.4, -0.2) is 33.0 Å². The molecule has 4 heteroatoms. The third-order valence-corrected chi connectivity index (χ3v) is 5.68. The normalized spacial score (nSPS) is 14.5. The molecule has 1 heterocycles. The molecule has 0 radical (unpaired) electrons. The Bertz CT molecular complexity index is 884. The topological polar surface area (TPSA) is 30.9 Å². The number of nitrogens with zero attached hydrogens (tertiary/aromatic N) is 1. The van der Waals surface area contributed by atoms with Crippen molar-refractivity contribution in [3.63, 3.8) is 0 Å². The molecule has 1 aliphatic heterocycles. The van der Waals surface area contributed by atoms with Gasteiger partial charge in [0.1, 0.15) is 5.75 Å². The highest BCUT2D eigenvalue weighted by Gasteiger charge is 2.33. The van der Waals surface area contributed by atoms with E-state index >= 15 is 0 Å². The van der Waals surface area contributed by atoms with Crippen molar-refractivity contribution in [3.05, 3.63) is 84.9 Å². The van der Waals surface area contributed by atoms with Crippen molar-refractivity contribution in [2.75, 3.05) is 37.9 Å². The number of hydrogen-bond donors (Lipinski definition) is 0. The van der Waals surface area contributed by atoms with Crippen LogP contribution >= 0.6 is 0 Å². The fourth-order valence-electron chi connectivity index (χ4n) is 3.82. The minimum absolute atomic E-state index is 0.242. The molecule has 4 rings (SSSR count). The molecule has 0 aromatic heterocycles. The maximum Gasteiger partial charge on any atom is 0.119 e. The molecule has 0 atom stereocenters. The number of ether oxygens (including phenoxy) is 3. The number of unbranched alkanes of at least 4 members (excludes halogenated alkanes) is 2. The molecule has 3 aromatic rings. The zero-order chi connectivity index (χ0) is 22.1. The molecule has 1 aliphatic rings. The molecular weight excluding hydrogens is 398 g/mol. The van der Waals surface area contributed by atoms with E-state index in [1.165, 1.54) is 0 Å². The van der Waals surface area contributed by atoms with Crippen LogP contribution in [0, 0.1) is 5.41 Å². The molecule has 168 valence electrons. The Hall–Kier alpha value is -2.82. The first-order valence-electron chi connectivity index (χ1n) is 11.5. The first-order valence-corrected chi connectivity index (χ1v) is 11.5. The fourth-order valence-corrected chi connectivity index (χ4v) is 3.82. The fraction of sp³-hybridized carbons (Fsp3) is 0.357. The molecule has 0 spiro atoms. The minimum Gasteiger partial charge on any atom is -0.494 e. The van der Waals surface area contributed by atoms with Crippen molar-refractivity contribution in [2.24, 2.45) is 5.41 Å². The Morgan fingerprint density at radius 3 is 1.84 bits per heavy atom. The van der Waals surface area contributed by atoms with Gasteiger partial charge in [-0.1, -0.05) is 43.3 Å². The Labute approximate surface area is 191 Å². The van der Waals surface area contributed by atoms with Crippen molar-refractivity contribution in [1.29, 1.82) is 0 Å². The Kier molecular flexibility index (Phi) is 7.81. The van der Waals surface area contributed by atoms with Crippen LogP contribution in [0.1, 0.15) is 26.2 Å². The average Bonchev–Trinajstić information content (AvgIpc) is 2.82. The Balaban J connectivity index is 1.24. The molecule has 0 saturated carbocycles. The molecule has 0 unspecified atom stereocenters. The highest BCUT2D eigenvalue weighted by Crippen LogP contribution is 2.34. The van der Waals surface area contributed by atoms with Crippen LogP contribution in [0.3, 0.4) is 0 Å². The SMILES string of the molecule is CC1(COCCCCCOc2ccc(N(c3ccccc3)c3ccccc3)cc2)COC1. The van der Waals surface area contributed by atoms with E-state index in [9.17, 15) is 0 Å². The second kappa shape index (κ2) is 11.2. The largest absolute Gasteiger partial charge is 0.494 e. The van der Waals surface area contributed by atoms with E-state index in [0.717, 1.165) is 75.1 Å². The molecule has 32 heavy (non-hydrogen) atoms. The third kappa shape index (κ3) is 6.12. The van der Waals surface area contributed by atoms with Crippen LogP contribution in [-0.2, 0) is 9.47 Å². The van der Waals surface area contributed by atoms with Crippen molar-refractivity contribution in [1.82, 2.24) is 0 Å². The number of rotatable bonds is 12. The van der Waals surface area contributed by atoms with Gasteiger partial charge in [-0.3, -0.25) is 0 Å². The van der Waals surface area contributed by atoms with Gasteiger partial charge >= 0.3 is 0 Å². The molecule has 1 fully saturated rings. The summed E-state index contributed by atoms with van der Waals surface area (Å²) in [5.74, 6) is 0.906. The zero-order valence-electron chi connectivity index (χ0n) is 18.9. The third-order valence-electron chi connectivity index (χ3n) is 5.68. The first kappa shape index (κ1) is 22.4. The quantitative estimate of drug-likeness (QED) is 0.297. The van der Waals surface area contributed by atoms with Gasteiger partial charge in [-0.15, -0.1) is 0 Å². The van der Waals surface area contributed by atoms with Crippen LogP contribution < -0.4 is 9.64 Å². The maximum atomic E-state index is 5.96. The van der Waals surface area contributed by atoms with Crippen molar-refractivity contribution >= 4 is 17.1 Å². The standard InChI is InChI=1S/C28H33NO3/c1-28(22-31-23-28)21-30-19-9-4-10-20-32-27-17-15-26(16-18-27)29(24-11-5-2-6-12-24)25-13-7-3-8-14-25/h2-3,5-8,11-18H,4,9-10,19-23H2,1H3. The summed E-state index contributed by atoms with van der Waals surface area (Å²) < 4.78 is 17.0. The number of benzene rings is 3. The van der Waals surface area contributed by atoms with Gasteiger partial charge in [0.2, 0.25) is 0 Å². The van der Waals surface area contributed by atoms with Crippen LogP contribution in [0.15, 0.2) is 84.9 Å². The van der Waals surface area contributed by atoms with E-state index in [4.69, 9.17) is 14.2 Å². The van der Waals surface area contributed by atoms with Crippen molar-refractivity contribution in [3.8, 4) is 5.75 Å². The molecule has 0 N–H and O–H groups in total. The lowest BCUT2D eigenvalue weighted by atomic mass is 9.90. The van der Waals surface area contributed by atoms with Gasteiger partial charge in [0.25, 0.3) is 0 Å². The summed E-state index contributed by atoms with van der Waals surface area (Å²) in [6, 6.07) is 29.2. The summed E-state index contributed by atoms with van der Waals surface area (Å²) in [4.78, 5) is 2.25. The monoisotopic (exact) mass is 431 g/mol. The molecule has 3 aromatic carbocycles. The van der Waals surface area contributed by atoms with Gasteiger partial charge < -0.3 is 19.1 Å². The predicted molar refractivity (Wildman–Crippen MR) is 130 cm³/mol. The van der Waals surface area contributed by atoms with Crippen molar-refractivity contribution < 1.29 is 14.2 Å².